The Labute approximate surface area is 104 Å². The maximum Gasteiger partial charge on any atom is 0.203 e. The van der Waals surface area contributed by atoms with Crippen molar-refractivity contribution >= 4 is 5.95 Å². The predicted molar refractivity (Wildman–Crippen MR) is 71.3 cm³/mol. The van der Waals surface area contributed by atoms with Crippen LogP contribution in [0.15, 0.2) is 12.4 Å². The summed E-state index contributed by atoms with van der Waals surface area (Å²) in [6.07, 6.45) is 5.02. The van der Waals surface area contributed by atoms with Gasteiger partial charge in [0, 0.05) is 32.1 Å². The molecule has 0 radical (unpaired) electrons. The Morgan fingerprint density at radius 3 is 2.82 bits per heavy atom. The van der Waals surface area contributed by atoms with Crippen molar-refractivity contribution in [1.82, 2.24) is 9.55 Å². The van der Waals surface area contributed by atoms with E-state index in [0.29, 0.717) is 12.0 Å². The van der Waals surface area contributed by atoms with Gasteiger partial charge >= 0.3 is 0 Å². The van der Waals surface area contributed by atoms with Gasteiger partial charge in [-0.2, -0.15) is 0 Å². The number of rotatable bonds is 7. The van der Waals surface area contributed by atoms with Crippen LogP contribution in [0.3, 0.4) is 0 Å². The smallest absolute Gasteiger partial charge is 0.203 e. The first kappa shape index (κ1) is 14.0. The van der Waals surface area contributed by atoms with Gasteiger partial charge in [0.2, 0.25) is 5.95 Å². The highest BCUT2D eigenvalue weighted by molar-refractivity contribution is 5.27. The van der Waals surface area contributed by atoms with Crippen LogP contribution < -0.4 is 5.32 Å². The van der Waals surface area contributed by atoms with Crippen LogP contribution in [0.4, 0.5) is 5.95 Å². The van der Waals surface area contributed by atoms with Gasteiger partial charge in [-0.15, -0.1) is 0 Å². The summed E-state index contributed by atoms with van der Waals surface area (Å²) in [5.74, 6) is 0.927. The molecule has 0 saturated carbocycles. The minimum Gasteiger partial charge on any atom is -0.383 e. The van der Waals surface area contributed by atoms with Gasteiger partial charge in [0.15, 0.2) is 0 Å². The molecule has 1 heterocycles. The lowest BCUT2D eigenvalue weighted by molar-refractivity contribution is 0.190. The van der Waals surface area contributed by atoms with Crippen LogP contribution >= 0.6 is 0 Å². The predicted octanol–water partition coefficient (Wildman–Crippen LogP) is 2.77. The van der Waals surface area contributed by atoms with Crippen LogP contribution in [0.1, 0.15) is 34.1 Å². The molecule has 1 N–H and O–H groups in total. The van der Waals surface area contributed by atoms with Crippen LogP contribution in [-0.2, 0) is 11.3 Å². The Morgan fingerprint density at radius 2 is 2.24 bits per heavy atom. The quantitative estimate of drug-likeness (QED) is 0.795. The van der Waals surface area contributed by atoms with E-state index >= 15 is 0 Å². The summed E-state index contributed by atoms with van der Waals surface area (Å²) in [6.45, 7) is 10.5. The molecule has 1 aromatic rings. The highest BCUT2D eigenvalue weighted by atomic mass is 16.5. The summed E-state index contributed by atoms with van der Waals surface area (Å²) in [7, 11) is 1.71. The molecule has 0 aromatic carbocycles. The van der Waals surface area contributed by atoms with Gasteiger partial charge in [-0.1, -0.05) is 20.8 Å². The number of aromatic nitrogens is 2. The molecule has 17 heavy (non-hydrogen) atoms. The number of ether oxygens (including phenoxy) is 1. The fourth-order valence-corrected chi connectivity index (χ4v) is 1.66. The van der Waals surface area contributed by atoms with Crippen molar-refractivity contribution in [2.24, 2.45) is 5.41 Å². The third-order valence-corrected chi connectivity index (χ3v) is 3.06. The van der Waals surface area contributed by atoms with Crippen LogP contribution in [0.5, 0.6) is 0 Å². The molecule has 4 nitrogen and oxygen atoms in total. The van der Waals surface area contributed by atoms with Gasteiger partial charge in [0.25, 0.3) is 0 Å². The average molecular weight is 239 g/mol. The number of nitrogens with zero attached hydrogens (tertiary/aromatic N) is 2. The standard InChI is InChI=1S/C13H25N3O/c1-6-13(3,4)10-16-8-7-14-12(16)15-11(2)9-17-5/h7-8,11H,6,9-10H2,1-5H3,(H,14,15). The van der Waals surface area contributed by atoms with Crippen molar-refractivity contribution in [2.45, 2.75) is 46.7 Å². The monoisotopic (exact) mass is 239 g/mol. The zero-order chi connectivity index (χ0) is 12.9. The second-order valence-electron chi connectivity index (χ2n) is 5.40. The zero-order valence-corrected chi connectivity index (χ0v) is 11.7. The van der Waals surface area contributed by atoms with E-state index in [4.69, 9.17) is 4.74 Å². The zero-order valence-electron chi connectivity index (χ0n) is 11.7. The number of hydrogen-bond donors (Lipinski definition) is 1. The Morgan fingerprint density at radius 1 is 1.53 bits per heavy atom. The molecular formula is C13H25N3O. The molecule has 0 fully saturated rings. The summed E-state index contributed by atoms with van der Waals surface area (Å²) >= 11 is 0. The first-order valence-electron chi connectivity index (χ1n) is 6.25. The van der Waals surface area contributed by atoms with Crippen molar-refractivity contribution in [3.05, 3.63) is 12.4 Å². The first-order chi connectivity index (χ1) is 7.98. The van der Waals surface area contributed by atoms with Crippen molar-refractivity contribution in [3.63, 3.8) is 0 Å². The van der Waals surface area contributed by atoms with Gasteiger partial charge in [0.1, 0.15) is 0 Å². The summed E-state index contributed by atoms with van der Waals surface area (Å²) in [5.41, 5.74) is 0.293. The van der Waals surface area contributed by atoms with Crippen molar-refractivity contribution < 1.29 is 4.74 Å². The highest BCUT2D eigenvalue weighted by Crippen LogP contribution is 2.24. The van der Waals surface area contributed by atoms with Crippen LogP contribution in [0, 0.1) is 5.41 Å². The molecule has 0 aliphatic heterocycles. The van der Waals surface area contributed by atoms with Gasteiger partial charge < -0.3 is 14.6 Å². The Bertz CT molecular complexity index is 333. The van der Waals surface area contributed by atoms with E-state index < -0.39 is 0 Å². The Kier molecular flexibility index (Phi) is 5.00. The maximum atomic E-state index is 5.11. The van der Waals surface area contributed by atoms with Crippen LogP contribution in [-0.4, -0.2) is 29.3 Å². The van der Waals surface area contributed by atoms with E-state index in [2.05, 4.69) is 42.6 Å². The molecule has 98 valence electrons. The van der Waals surface area contributed by atoms with Gasteiger partial charge in [-0.3, -0.25) is 0 Å². The van der Waals surface area contributed by atoms with Gasteiger partial charge in [-0.25, -0.2) is 4.98 Å². The first-order valence-corrected chi connectivity index (χ1v) is 6.25. The summed E-state index contributed by atoms with van der Waals surface area (Å²) in [4.78, 5) is 4.35. The summed E-state index contributed by atoms with van der Waals surface area (Å²) < 4.78 is 7.29. The molecule has 0 aliphatic rings. The van der Waals surface area contributed by atoms with Crippen LogP contribution in [0.2, 0.25) is 0 Å². The summed E-state index contributed by atoms with van der Waals surface area (Å²) in [5, 5.41) is 3.36. The van der Waals surface area contributed by atoms with Gasteiger partial charge in [-0.05, 0) is 18.8 Å². The van der Waals surface area contributed by atoms with E-state index in [1.165, 1.54) is 0 Å². The number of methoxy groups -OCH3 is 1. The third kappa shape index (κ3) is 4.38. The molecule has 0 amide bonds. The Balaban J connectivity index is 2.66. The average Bonchev–Trinajstić information content (AvgIpc) is 2.65. The summed E-state index contributed by atoms with van der Waals surface area (Å²) in [6, 6.07) is 0.269. The molecule has 4 heteroatoms. The second kappa shape index (κ2) is 6.05. The minimum atomic E-state index is 0.269. The molecule has 1 atom stereocenters. The molecule has 1 aromatic heterocycles. The fraction of sp³-hybridized carbons (Fsp3) is 0.769. The lowest BCUT2D eigenvalue weighted by Gasteiger charge is -2.25. The van der Waals surface area contributed by atoms with E-state index in [9.17, 15) is 0 Å². The molecule has 0 aliphatic carbocycles. The topological polar surface area (TPSA) is 39.1 Å². The lowest BCUT2D eigenvalue weighted by Crippen LogP contribution is -2.25. The maximum absolute atomic E-state index is 5.11. The number of hydrogen-bond acceptors (Lipinski definition) is 3. The fourth-order valence-electron chi connectivity index (χ4n) is 1.66. The van der Waals surface area contributed by atoms with Crippen molar-refractivity contribution in [2.75, 3.05) is 19.0 Å². The number of anilines is 1. The van der Waals surface area contributed by atoms with Crippen molar-refractivity contribution in [1.29, 1.82) is 0 Å². The third-order valence-electron chi connectivity index (χ3n) is 3.06. The second-order valence-corrected chi connectivity index (χ2v) is 5.40. The number of nitrogens with one attached hydrogen (secondary N) is 1. The molecule has 0 saturated heterocycles. The SMILES string of the molecule is CCC(C)(C)Cn1ccnc1NC(C)COC. The van der Waals surface area contributed by atoms with E-state index in [1.807, 2.05) is 12.4 Å². The van der Waals surface area contributed by atoms with E-state index in [-0.39, 0.29) is 6.04 Å². The Hall–Kier alpha value is -1.03. The van der Waals surface area contributed by atoms with E-state index in [0.717, 1.165) is 18.9 Å². The van der Waals surface area contributed by atoms with Gasteiger partial charge in [0.05, 0.1) is 6.61 Å². The molecule has 1 rings (SSSR count). The molecule has 1 unspecified atom stereocenters. The molecule has 0 spiro atoms. The van der Waals surface area contributed by atoms with Crippen molar-refractivity contribution in [3.8, 4) is 0 Å². The van der Waals surface area contributed by atoms with Crippen LogP contribution in [0.25, 0.3) is 0 Å². The largest absolute Gasteiger partial charge is 0.383 e. The minimum absolute atomic E-state index is 0.269. The molecular weight excluding hydrogens is 214 g/mol. The normalized spacial score (nSPS) is 13.7. The lowest BCUT2D eigenvalue weighted by atomic mass is 9.90. The number of imidazole rings is 1. The highest BCUT2D eigenvalue weighted by Gasteiger charge is 2.18. The molecule has 0 bridgehead atoms. The van der Waals surface area contributed by atoms with E-state index in [1.54, 1.807) is 7.11 Å².